The molecule has 0 spiro atoms. The van der Waals surface area contributed by atoms with Gasteiger partial charge in [0.15, 0.2) is 5.78 Å². The first-order chi connectivity index (χ1) is 10.6. The Labute approximate surface area is 132 Å². The molecule has 0 radical (unpaired) electrons. The second-order valence-electron chi connectivity index (χ2n) is 5.75. The van der Waals surface area contributed by atoms with E-state index in [1.807, 2.05) is 4.90 Å². The minimum absolute atomic E-state index is 0.0288. The van der Waals surface area contributed by atoms with E-state index >= 15 is 0 Å². The van der Waals surface area contributed by atoms with E-state index in [1.165, 1.54) is 19.8 Å². The summed E-state index contributed by atoms with van der Waals surface area (Å²) in [7, 11) is 0. The van der Waals surface area contributed by atoms with Gasteiger partial charge in [-0.3, -0.25) is 9.69 Å². The fourth-order valence-corrected chi connectivity index (χ4v) is 2.55. The molecule has 0 saturated carbocycles. The van der Waals surface area contributed by atoms with E-state index in [9.17, 15) is 9.59 Å². The molecular formula is C17H25N3O2. The highest BCUT2D eigenvalue weighted by molar-refractivity contribution is 5.95. The highest BCUT2D eigenvalue weighted by Crippen LogP contribution is 2.12. The monoisotopic (exact) mass is 303 g/mol. The molecule has 2 amide bonds. The summed E-state index contributed by atoms with van der Waals surface area (Å²) in [6, 6.07) is 6.95. The molecule has 1 aliphatic rings. The lowest BCUT2D eigenvalue weighted by Crippen LogP contribution is -2.50. The summed E-state index contributed by atoms with van der Waals surface area (Å²) in [5, 5.41) is 2.89. The van der Waals surface area contributed by atoms with Crippen molar-refractivity contribution in [3.63, 3.8) is 0 Å². The molecule has 22 heavy (non-hydrogen) atoms. The summed E-state index contributed by atoms with van der Waals surface area (Å²) in [6.07, 6.45) is 2.42. The minimum atomic E-state index is -0.0642. The van der Waals surface area contributed by atoms with Gasteiger partial charge < -0.3 is 10.2 Å². The van der Waals surface area contributed by atoms with Gasteiger partial charge in [0.1, 0.15) is 0 Å². The molecule has 1 fully saturated rings. The first-order valence-corrected chi connectivity index (χ1v) is 7.99. The van der Waals surface area contributed by atoms with Gasteiger partial charge in [-0.2, -0.15) is 0 Å². The number of ketones is 1. The molecule has 1 saturated heterocycles. The maximum absolute atomic E-state index is 12.2. The van der Waals surface area contributed by atoms with Crippen LogP contribution in [0, 0.1) is 0 Å². The molecule has 1 N–H and O–H groups in total. The van der Waals surface area contributed by atoms with Gasteiger partial charge in [0.05, 0.1) is 0 Å². The van der Waals surface area contributed by atoms with E-state index in [4.69, 9.17) is 0 Å². The van der Waals surface area contributed by atoms with E-state index in [-0.39, 0.29) is 11.8 Å². The number of rotatable bonds is 5. The number of unbranched alkanes of at least 4 members (excludes halogenated alkanes) is 1. The molecule has 5 heteroatoms. The summed E-state index contributed by atoms with van der Waals surface area (Å²) in [6.45, 7) is 8.26. The van der Waals surface area contributed by atoms with Gasteiger partial charge in [-0.05, 0) is 44.2 Å². The van der Waals surface area contributed by atoms with Crippen molar-refractivity contribution in [3.8, 4) is 0 Å². The second kappa shape index (κ2) is 7.94. The Morgan fingerprint density at radius 3 is 2.27 bits per heavy atom. The Balaban J connectivity index is 1.81. The van der Waals surface area contributed by atoms with Crippen LogP contribution in [0.3, 0.4) is 0 Å². The normalized spacial score (nSPS) is 15.6. The topological polar surface area (TPSA) is 52.6 Å². The molecule has 1 aromatic carbocycles. The third-order valence-corrected chi connectivity index (χ3v) is 4.03. The Morgan fingerprint density at radius 1 is 1.09 bits per heavy atom. The largest absolute Gasteiger partial charge is 0.322 e. The number of carbonyl (C=O) groups is 2. The highest BCUT2D eigenvalue weighted by Gasteiger charge is 2.20. The van der Waals surface area contributed by atoms with E-state index in [2.05, 4.69) is 17.1 Å². The summed E-state index contributed by atoms with van der Waals surface area (Å²) in [5.41, 5.74) is 1.38. The van der Waals surface area contributed by atoms with E-state index in [0.717, 1.165) is 38.4 Å². The summed E-state index contributed by atoms with van der Waals surface area (Å²) in [5.74, 6) is 0.0288. The zero-order valence-corrected chi connectivity index (χ0v) is 13.5. The van der Waals surface area contributed by atoms with Crippen molar-refractivity contribution in [2.45, 2.75) is 26.7 Å². The molecule has 120 valence electrons. The van der Waals surface area contributed by atoms with Crippen LogP contribution in [-0.4, -0.2) is 54.3 Å². The van der Waals surface area contributed by atoms with Crippen molar-refractivity contribution in [1.82, 2.24) is 9.80 Å². The Kier molecular flexibility index (Phi) is 5.95. The number of piperazine rings is 1. The molecule has 0 aliphatic carbocycles. The SMILES string of the molecule is CCCCN1CCN(C(=O)Nc2ccc(C(C)=O)cc2)CC1. The summed E-state index contributed by atoms with van der Waals surface area (Å²) in [4.78, 5) is 27.7. The van der Waals surface area contributed by atoms with Crippen LogP contribution in [0.5, 0.6) is 0 Å². The Morgan fingerprint density at radius 2 is 1.73 bits per heavy atom. The third-order valence-electron chi connectivity index (χ3n) is 4.03. The van der Waals surface area contributed by atoms with Crippen LogP contribution in [0.25, 0.3) is 0 Å². The van der Waals surface area contributed by atoms with Gasteiger partial charge in [-0.1, -0.05) is 13.3 Å². The molecule has 1 aliphatic heterocycles. The number of anilines is 1. The minimum Gasteiger partial charge on any atom is -0.322 e. The first-order valence-electron chi connectivity index (χ1n) is 7.99. The smallest absolute Gasteiger partial charge is 0.321 e. The predicted octanol–water partition coefficient (Wildman–Crippen LogP) is 2.84. The average Bonchev–Trinajstić information content (AvgIpc) is 2.54. The molecule has 0 unspecified atom stereocenters. The molecular weight excluding hydrogens is 278 g/mol. The van der Waals surface area contributed by atoms with Crippen molar-refractivity contribution in [2.24, 2.45) is 0 Å². The van der Waals surface area contributed by atoms with Crippen molar-refractivity contribution in [1.29, 1.82) is 0 Å². The number of hydrogen-bond donors (Lipinski definition) is 1. The van der Waals surface area contributed by atoms with Crippen molar-refractivity contribution in [2.75, 3.05) is 38.0 Å². The van der Waals surface area contributed by atoms with Gasteiger partial charge in [0, 0.05) is 37.4 Å². The maximum atomic E-state index is 12.2. The lowest BCUT2D eigenvalue weighted by molar-refractivity contribution is 0.101. The van der Waals surface area contributed by atoms with E-state index in [0.29, 0.717) is 5.56 Å². The number of hydrogen-bond acceptors (Lipinski definition) is 3. The molecule has 1 heterocycles. The number of Topliss-reactive ketones (excluding diaryl/α,β-unsaturated/α-hetero) is 1. The second-order valence-corrected chi connectivity index (χ2v) is 5.75. The van der Waals surface area contributed by atoms with Gasteiger partial charge in [0.2, 0.25) is 0 Å². The molecule has 1 aromatic rings. The number of nitrogens with zero attached hydrogens (tertiary/aromatic N) is 2. The molecule has 5 nitrogen and oxygen atoms in total. The van der Waals surface area contributed by atoms with Crippen LogP contribution in [0.15, 0.2) is 24.3 Å². The molecule has 0 atom stereocenters. The fourth-order valence-electron chi connectivity index (χ4n) is 2.55. The van der Waals surface area contributed by atoms with Crippen molar-refractivity contribution in [3.05, 3.63) is 29.8 Å². The summed E-state index contributed by atoms with van der Waals surface area (Å²) < 4.78 is 0. The lowest BCUT2D eigenvalue weighted by atomic mass is 10.1. The predicted molar refractivity (Wildman–Crippen MR) is 88.4 cm³/mol. The van der Waals surface area contributed by atoms with Crippen LogP contribution in [0.1, 0.15) is 37.0 Å². The van der Waals surface area contributed by atoms with Crippen LogP contribution in [-0.2, 0) is 0 Å². The standard InChI is InChI=1S/C17H25N3O2/c1-3-4-9-19-10-12-20(13-11-19)17(22)18-16-7-5-15(6-8-16)14(2)21/h5-8H,3-4,9-13H2,1-2H3,(H,18,22). The molecule has 0 bridgehead atoms. The third kappa shape index (κ3) is 4.56. The Bertz CT molecular complexity index is 505. The van der Waals surface area contributed by atoms with Crippen molar-refractivity contribution < 1.29 is 9.59 Å². The first kappa shape index (κ1) is 16.5. The fraction of sp³-hybridized carbons (Fsp3) is 0.529. The molecule has 0 aromatic heterocycles. The number of nitrogens with one attached hydrogen (secondary N) is 1. The average molecular weight is 303 g/mol. The number of amides is 2. The molecule has 2 rings (SSSR count). The van der Waals surface area contributed by atoms with Crippen molar-refractivity contribution >= 4 is 17.5 Å². The number of benzene rings is 1. The maximum Gasteiger partial charge on any atom is 0.321 e. The van der Waals surface area contributed by atoms with E-state index in [1.54, 1.807) is 24.3 Å². The lowest BCUT2D eigenvalue weighted by Gasteiger charge is -2.34. The highest BCUT2D eigenvalue weighted by atomic mass is 16.2. The van der Waals surface area contributed by atoms with Crippen LogP contribution >= 0.6 is 0 Å². The van der Waals surface area contributed by atoms with Crippen LogP contribution in [0.2, 0.25) is 0 Å². The zero-order valence-electron chi connectivity index (χ0n) is 13.5. The van der Waals surface area contributed by atoms with Crippen LogP contribution < -0.4 is 5.32 Å². The summed E-state index contributed by atoms with van der Waals surface area (Å²) >= 11 is 0. The zero-order chi connectivity index (χ0) is 15.9. The van der Waals surface area contributed by atoms with E-state index < -0.39 is 0 Å². The van der Waals surface area contributed by atoms with Crippen LogP contribution in [0.4, 0.5) is 10.5 Å². The van der Waals surface area contributed by atoms with Gasteiger partial charge >= 0.3 is 6.03 Å². The Hall–Kier alpha value is -1.88. The quantitative estimate of drug-likeness (QED) is 0.851. The number of carbonyl (C=O) groups excluding carboxylic acids is 2. The van der Waals surface area contributed by atoms with Gasteiger partial charge in [-0.25, -0.2) is 4.79 Å². The van der Waals surface area contributed by atoms with Gasteiger partial charge in [0.25, 0.3) is 0 Å². The number of urea groups is 1. The van der Waals surface area contributed by atoms with Gasteiger partial charge in [-0.15, -0.1) is 0 Å².